The minimum atomic E-state index is -3.37. The summed E-state index contributed by atoms with van der Waals surface area (Å²) in [6.07, 6.45) is 5.34. The average molecular weight is 347 g/mol. The second kappa shape index (κ2) is 8.30. The van der Waals surface area contributed by atoms with Crippen LogP contribution in [0.25, 0.3) is 0 Å². The van der Waals surface area contributed by atoms with Gasteiger partial charge in [-0.25, -0.2) is 13.2 Å². The van der Waals surface area contributed by atoms with E-state index in [2.05, 4.69) is 10.6 Å². The molecule has 2 atom stereocenters. The number of carbonyl (C=O) groups excluding carboxylic acids is 1. The van der Waals surface area contributed by atoms with Gasteiger partial charge in [0.2, 0.25) is 10.0 Å². The Balaban J connectivity index is 1.72. The third-order valence-electron chi connectivity index (χ3n) is 4.37. The fourth-order valence-corrected chi connectivity index (χ4v) is 4.76. The molecule has 1 aliphatic heterocycles. The van der Waals surface area contributed by atoms with Crippen molar-refractivity contribution >= 4 is 16.1 Å². The quantitative estimate of drug-likeness (QED) is 0.778. The summed E-state index contributed by atoms with van der Waals surface area (Å²) < 4.78 is 31.7. The molecular formula is C15H29N3O4S. The Morgan fingerprint density at radius 2 is 1.74 bits per heavy atom. The van der Waals surface area contributed by atoms with Crippen LogP contribution < -0.4 is 10.6 Å². The van der Waals surface area contributed by atoms with Gasteiger partial charge in [-0.2, -0.15) is 4.31 Å². The molecule has 0 unspecified atom stereocenters. The van der Waals surface area contributed by atoms with Crippen molar-refractivity contribution in [2.45, 2.75) is 64.2 Å². The normalized spacial score (nSPS) is 27.6. The van der Waals surface area contributed by atoms with E-state index in [9.17, 15) is 13.2 Å². The first-order chi connectivity index (χ1) is 10.9. The minimum Gasteiger partial charge on any atom is -0.373 e. The monoisotopic (exact) mass is 347 g/mol. The summed E-state index contributed by atoms with van der Waals surface area (Å²) in [7, 11) is -3.37. The number of hydrogen-bond acceptors (Lipinski definition) is 4. The minimum absolute atomic E-state index is 0.0788. The molecule has 8 heteroatoms. The molecular weight excluding hydrogens is 318 g/mol. The van der Waals surface area contributed by atoms with Crippen LogP contribution >= 0.6 is 0 Å². The Labute approximate surface area is 139 Å². The molecule has 7 nitrogen and oxygen atoms in total. The SMILES string of the molecule is C[C@@H]1CN(S(=O)(=O)CCNC(=O)NC2CCCCC2)C[C@H](C)O1. The zero-order valence-corrected chi connectivity index (χ0v) is 14.9. The molecule has 1 saturated carbocycles. The van der Waals surface area contributed by atoms with Crippen molar-refractivity contribution in [3.8, 4) is 0 Å². The highest BCUT2D eigenvalue weighted by atomic mass is 32.2. The summed E-state index contributed by atoms with van der Waals surface area (Å²) in [5, 5.41) is 5.58. The lowest BCUT2D eigenvalue weighted by atomic mass is 9.96. The molecule has 0 aromatic heterocycles. The second-order valence-electron chi connectivity index (χ2n) is 6.63. The van der Waals surface area contributed by atoms with E-state index in [-0.39, 0.29) is 36.6 Å². The molecule has 2 N–H and O–H groups in total. The molecule has 2 fully saturated rings. The molecule has 0 bridgehead atoms. The summed E-state index contributed by atoms with van der Waals surface area (Å²) in [6.45, 7) is 4.62. The van der Waals surface area contributed by atoms with Crippen molar-refractivity contribution in [3.05, 3.63) is 0 Å². The zero-order chi connectivity index (χ0) is 16.9. The van der Waals surface area contributed by atoms with Crippen molar-refractivity contribution in [2.75, 3.05) is 25.4 Å². The van der Waals surface area contributed by atoms with Crippen LogP contribution in [-0.2, 0) is 14.8 Å². The van der Waals surface area contributed by atoms with Crippen molar-refractivity contribution in [1.82, 2.24) is 14.9 Å². The van der Waals surface area contributed by atoms with Crippen LogP contribution in [0.15, 0.2) is 0 Å². The van der Waals surface area contributed by atoms with E-state index >= 15 is 0 Å². The number of amides is 2. The van der Waals surface area contributed by atoms with E-state index in [4.69, 9.17) is 4.74 Å². The van der Waals surface area contributed by atoms with Gasteiger partial charge in [-0.3, -0.25) is 0 Å². The molecule has 2 aliphatic rings. The number of sulfonamides is 1. The van der Waals surface area contributed by atoms with Crippen LogP contribution in [0.5, 0.6) is 0 Å². The van der Waals surface area contributed by atoms with Gasteiger partial charge in [-0.05, 0) is 26.7 Å². The summed E-state index contributed by atoms with van der Waals surface area (Å²) in [5.74, 6) is -0.0788. The van der Waals surface area contributed by atoms with E-state index in [0.717, 1.165) is 25.7 Å². The third-order valence-corrected chi connectivity index (χ3v) is 6.17. The van der Waals surface area contributed by atoms with Crippen LogP contribution in [0.1, 0.15) is 46.0 Å². The van der Waals surface area contributed by atoms with E-state index < -0.39 is 10.0 Å². The number of carbonyl (C=O) groups is 1. The van der Waals surface area contributed by atoms with Gasteiger partial charge in [-0.15, -0.1) is 0 Å². The molecule has 0 radical (unpaired) electrons. The first-order valence-electron chi connectivity index (χ1n) is 8.54. The fraction of sp³-hybridized carbons (Fsp3) is 0.933. The Kier molecular flexibility index (Phi) is 6.67. The van der Waals surface area contributed by atoms with E-state index in [1.807, 2.05) is 13.8 Å². The van der Waals surface area contributed by atoms with Crippen molar-refractivity contribution in [2.24, 2.45) is 0 Å². The van der Waals surface area contributed by atoms with Gasteiger partial charge in [0, 0.05) is 25.7 Å². The lowest BCUT2D eigenvalue weighted by Crippen LogP contribution is -2.50. The standard InChI is InChI=1S/C15H29N3O4S/c1-12-10-18(11-13(2)22-12)23(20,21)9-8-16-15(19)17-14-6-4-3-5-7-14/h12-14H,3-11H2,1-2H3,(H2,16,17,19)/t12-,13+. The molecule has 0 aromatic carbocycles. The number of hydrogen-bond donors (Lipinski definition) is 2. The van der Waals surface area contributed by atoms with Gasteiger partial charge < -0.3 is 15.4 Å². The number of ether oxygens (including phenoxy) is 1. The average Bonchev–Trinajstić information content (AvgIpc) is 2.47. The van der Waals surface area contributed by atoms with Crippen molar-refractivity contribution in [3.63, 3.8) is 0 Å². The summed E-state index contributed by atoms with van der Waals surface area (Å²) in [5.41, 5.74) is 0. The van der Waals surface area contributed by atoms with Crippen LogP contribution in [0.2, 0.25) is 0 Å². The van der Waals surface area contributed by atoms with E-state index in [1.165, 1.54) is 10.7 Å². The predicted molar refractivity (Wildman–Crippen MR) is 88.8 cm³/mol. The zero-order valence-electron chi connectivity index (χ0n) is 14.1. The van der Waals surface area contributed by atoms with Gasteiger partial charge in [0.25, 0.3) is 0 Å². The molecule has 0 aromatic rings. The lowest BCUT2D eigenvalue weighted by Gasteiger charge is -2.34. The predicted octanol–water partition coefficient (Wildman–Crippen LogP) is 1.06. The first kappa shape index (κ1) is 18.5. The van der Waals surface area contributed by atoms with Crippen LogP contribution in [0.4, 0.5) is 4.79 Å². The maximum Gasteiger partial charge on any atom is 0.315 e. The van der Waals surface area contributed by atoms with Crippen LogP contribution in [-0.4, -0.2) is 62.4 Å². The smallest absolute Gasteiger partial charge is 0.315 e. The Morgan fingerprint density at radius 1 is 1.13 bits per heavy atom. The van der Waals surface area contributed by atoms with Gasteiger partial charge >= 0.3 is 6.03 Å². The van der Waals surface area contributed by atoms with Crippen LogP contribution in [0, 0.1) is 0 Å². The summed E-state index contributed by atoms with van der Waals surface area (Å²) >= 11 is 0. The molecule has 1 saturated heterocycles. The van der Waals surface area contributed by atoms with Crippen molar-refractivity contribution < 1.29 is 17.9 Å². The number of morpholine rings is 1. The van der Waals surface area contributed by atoms with Crippen molar-refractivity contribution in [1.29, 1.82) is 0 Å². The van der Waals surface area contributed by atoms with Gasteiger partial charge in [0.15, 0.2) is 0 Å². The number of urea groups is 1. The molecule has 1 aliphatic carbocycles. The Hall–Kier alpha value is -0.860. The highest BCUT2D eigenvalue weighted by Crippen LogP contribution is 2.17. The molecule has 2 rings (SSSR count). The summed E-state index contributed by atoms with van der Waals surface area (Å²) in [4.78, 5) is 11.8. The molecule has 1 heterocycles. The first-order valence-corrected chi connectivity index (χ1v) is 10.2. The van der Waals surface area contributed by atoms with Gasteiger partial charge in [0.05, 0.1) is 18.0 Å². The molecule has 2 amide bonds. The van der Waals surface area contributed by atoms with Gasteiger partial charge in [0.1, 0.15) is 0 Å². The third kappa shape index (κ3) is 5.93. The van der Waals surface area contributed by atoms with E-state index in [1.54, 1.807) is 0 Å². The van der Waals surface area contributed by atoms with E-state index in [0.29, 0.717) is 13.1 Å². The molecule has 23 heavy (non-hydrogen) atoms. The number of rotatable bonds is 5. The molecule has 134 valence electrons. The highest BCUT2D eigenvalue weighted by Gasteiger charge is 2.30. The number of nitrogens with one attached hydrogen (secondary N) is 2. The Bertz CT molecular complexity index is 481. The fourth-order valence-electron chi connectivity index (χ4n) is 3.26. The molecule has 0 spiro atoms. The largest absolute Gasteiger partial charge is 0.373 e. The topological polar surface area (TPSA) is 87.7 Å². The Morgan fingerprint density at radius 3 is 2.35 bits per heavy atom. The summed E-state index contributed by atoms with van der Waals surface area (Å²) in [6, 6.07) is -0.0443. The maximum absolute atomic E-state index is 12.3. The van der Waals surface area contributed by atoms with Crippen LogP contribution in [0.3, 0.4) is 0 Å². The lowest BCUT2D eigenvalue weighted by molar-refractivity contribution is -0.0440. The van der Waals surface area contributed by atoms with Gasteiger partial charge in [-0.1, -0.05) is 19.3 Å². The number of nitrogens with zero attached hydrogens (tertiary/aromatic N) is 1. The highest BCUT2D eigenvalue weighted by molar-refractivity contribution is 7.89. The maximum atomic E-state index is 12.3. The second-order valence-corrected chi connectivity index (χ2v) is 8.71.